The fourth-order valence-corrected chi connectivity index (χ4v) is 6.07. The zero-order valence-electron chi connectivity index (χ0n) is 39.3. The SMILES string of the molecule is [2H]c1c([2H])c([2H])c(-c2cccc(-c3c4ccccc4c(-c4c(-c5c([2H])c([2H])c([2H])c([2H])c5[2H])c([2H])c5c(oc6c([2H])c([2H])c([2H])c([2H])c65)c4[2H])c4ccccc34)c2)c([2H])c1[2H]. The molecule has 0 N–H and O–H groups in total. The number of furan rings is 1. The second-order valence-electron chi connectivity index (χ2n) is 10.4. The van der Waals surface area contributed by atoms with Crippen molar-refractivity contribution in [3.63, 3.8) is 0 Å². The standard InChI is InChI=1S/C44H28O/c1-3-14-29(15-4-1)31-18-13-19-32(26-31)43-34-21-7-9-23-36(34)44(37-24-10-8-22-35(37)43)40-28-42-39(33-20-11-12-25-41(33)45-42)27-38(40)30-16-5-2-6-17-30/h1-28H/i1D,2D,3D,4D,5D,6D,11D,12D,14D,15D,16D,17D,20D,25D,27D,28D. The lowest BCUT2D eigenvalue weighted by Crippen LogP contribution is -1.93. The Hall–Kier alpha value is -5.92. The summed E-state index contributed by atoms with van der Waals surface area (Å²) in [6.45, 7) is 0. The monoisotopic (exact) mass is 588 g/mol. The van der Waals surface area contributed by atoms with E-state index in [9.17, 15) is 2.74 Å². The van der Waals surface area contributed by atoms with Gasteiger partial charge in [0, 0.05) is 10.8 Å². The van der Waals surface area contributed by atoms with Gasteiger partial charge in [0.2, 0.25) is 0 Å². The van der Waals surface area contributed by atoms with Gasteiger partial charge in [-0.2, -0.15) is 0 Å². The summed E-state index contributed by atoms with van der Waals surface area (Å²) in [6.07, 6.45) is 0. The van der Waals surface area contributed by atoms with Crippen molar-refractivity contribution in [3.8, 4) is 44.5 Å². The minimum atomic E-state index is -0.684. The van der Waals surface area contributed by atoms with Crippen LogP contribution in [0, 0.1) is 0 Å². The number of hydrogen-bond donors (Lipinski definition) is 0. The largest absolute Gasteiger partial charge is 0.456 e. The van der Waals surface area contributed by atoms with Gasteiger partial charge >= 0.3 is 0 Å². The van der Waals surface area contributed by atoms with Gasteiger partial charge < -0.3 is 4.42 Å². The average Bonchev–Trinajstić information content (AvgIpc) is 3.68. The van der Waals surface area contributed by atoms with Gasteiger partial charge in [-0.05, 0) is 90.2 Å². The minimum Gasteiger partial charge on any atom is -0.456 e. The summed E-state index contributed by atoms with van der Waals surface area (Å²) in [4.78, 5) is 0. The third kappa shape index (κ3) is 4.17. The van der Waals surface area contributed by atoms with Crippen molar-refractivity contribution in [2.24, 2.45) is 0 Å². The molecule has 0 amide bonds. The molecule has 210 valence electrons. The van der Waals surface area contributed by atoms with Crippen LogP contribution >= 0.6 is 0 Å². The van der Waals surface area contributed by atoms with Gasteiger partial charge in [0.05, 0.1) is 21.9 Å². The summed E-state index contributed by atoms with van der Waals surface area (Å²) < 4.78 is 146. The molecule has 9 aromatic rings. The third-order valence-electron chi connectivity index (χ3n) is 7.94. The van der Waals surface area contributed by atoms with E-state index in [2.05, 4.69) is 0 Å². The lowest BCUT2D eigenvalue weighted by Gasteiger charge is -2.20. The topological polar surface area (TPSA) is 13.1 Å². The Morgan fingerprint density at radius 2 is 0.956 bits per heavy atom. The summed E-state index contributed by atoms with van der Waals surface area (Å²) >= 11 is 0. The summed E-state index contributed by atoms with van der Waals surface area (Å²) in [5.74, 6) is 0. The van der Waals surface area contributed by atoms with E-state index in [1.807, 2.05) is 18.2 Å². The first-order valence-corrected chi connectivity index (χ1v) is 14.1. The molecule has 1 heterocycles. The normalized spacial score (nSPS) is 16.5. The van der Waals surface area contributed by atoms with E-state index in [0.29, 0.717) is 43.8 Å². The van der Waals surface area contributed by atoms with Crippen LogP contribution in [0.25, 0.3) is 88.0 Å². The number of fused-ring (bicyclic) bond motifs is 5. The summed E-state index contributed by atoms with van der Waals surface area (Å²) in [5.41, 5.74) is 0.748. The van der Waals surface area contributed by atoms with Crippen molar-refractivity contribution >= 4 is 43.5 Å². The molecule has 0 bridgehead atoms. The molecule has 1 nitrogen and oxygen atoms in total. The highest BCUT2D eigenvalue weighted by molar-refractivity contribution is 6.23. The van der Waals surface area contributed by atoms with E-state index in [0.717, 1.165) is 0 Å². The molecule has 9 rings (SSSR count). The van der Waals surface area contributed by atoms with E-state index >= 15 is 0 Å². The van der Waals surface area contributed by atoms with Crippen molar-refractivity contribution < 1.29 is 26.3 Å². The maximum Gasteiger partial charge on any atom is 0.136 e. The number of rotatable bonds is 4. The van der Waals surface area contributed by atoms with Gasteiger partial charge in [-0.3, -0.25) is 0 Å². The van der Waals surface area contributed by atoms with Crippen molar-refractivity contribution in [2.75, 3.05) is 0 Å². The molecule has 0 spiro atoms. The van der Waals surface area contributed by atoms with Gasteiger partial charge in [0.15, 0.2) is 0 Å². The van der Waals surface area contributed by atoms with E-state index < -0.39 is 84.6 Å². The van der Waals surface area contributed by atoms with E-state index in [4.69, 9.17) is 23.6 Å². The second-order valence-corrected chi connectivity index (χ2v) is 10.4. The van der Waals surface area contributed by atoms with Gasteiger partial charge in [-0.15, -0.1) is 0 Å². The van der Waals surface area contributed by atoms with Crippen molar-refractivity contribution in [3.05, 3.63) is 169 Å². The molecular weight excluding hydrogens is 544 g/mol. The van der Waals surface area contributed by atoms with Crippen LogP contribution in [0.2, 0.25) is 0 Å². The lowest BCUT2D eigenvalue weighted by molar-refractivity contribution is 0.669. The van der Waals surface area contributed by atoms with Gasteiger partial charge in [0.25, 0.3) is 0 Å². The molecule has 0 saturated heterocycles. The van der Waals surface area contributed by atoms with Gasteiger partial charge in [-0.25, -0.2) is 0 Å². The van der Waals surface area contributed by atoms with Crippen molar-refractivity contribution in [1.82, 2.24) is 0 Å². The van der Waals surface area contributed by atoms with Crippen LogP contribution in [0.4, 0.5) is 0 Å². The number of hydrogen-bond acceptors (Lipinski definition) is 1. The molecule has 0 aliphatic heterocycles. The Kier molecular flexibility index (Phi) is 3.28. The molecule has 0 aliphatic rings. The molecule has 1 aromatic heterocycles. The molecule has 1 heteroatoms. The molecule has 0 unspecified atom stereocenters. The smallest absolute Gasteiger partial charge is 0.136 e. The average molecular weight is 589 g/mol. The predicted molar refractivity (Wildman–Crippen MR) is 190 cm³/mol. The highest BCUT2D eigenvalue weighted by Crippen LogP contribution is 2.48. The molecule has 0 aliphatic carbocycles. The molecule has 0 radical (unpaired) electrons. The quantitative estimate of drug-likeness (QED) is 0.186. The maximum absolute atomic E-state index is 9.89. The van der Waals surface area contributed by atoms with Crippen LogP contribution in [-0.4, -0.2) is 0 Å². The molecule has 8 aromatic carbocycles. The number of benzene rings is 8. The van der Waals surface area contributed by atoms with Gasteiger partial charge in [-0.1, -0.05) is 145 Å². The minimum absolute atomic E-state index is 0.0176. The van der Waals surface area contributed by atoms with E-state index in [1.165, 1.54) is 0 Å². The highest BCUT2D eigenvalue weighted by Gasteiger charge is 2.21. The molecule has 45 heavy (non-hydrogen) atoms. The van der Waals surface area contributed by atoms with Gasteiger partial charge in [0.1, 0.15) is 11.2 Å². The maximum atomic E-state index is 9.89. The third-order valence-corrected chi connectivity index (χ3v) is 7.94. The summed E-state index contributed by atoms with van der Waals surface area (Å²) in [5, 5.41) is 1.85. The van der Waals surface area contributed by atoms with Crippen molar-refractivity contribution in [1.29, 1.82) is 0 Å². The molecular formula is C44H28O. The molecule has 0 atom stereocenters. The Labute approximate surface area is 284 Å². The molecule has 0 fully saturated rings. The zero-order chi connectivity index (χ0) is 43.7. The Balaban J connectivity index is 1.47. The summed E-state index contributed by atoms with van der Waals surface area (Å²) in [7, 11) is 0. The van der Waals surface area contributed by atoms with Crippen LogP contribution in [-0.2, 0) is 0 Å². The first-order valence-electron chi connectivity index (χ1n) is 22.1. The first-order chi connectivity index (χ1) is 29.0. The van der Waals surface area contributed by atoms with Crippen LogP contribution in [0.3, 0.4) is 0 Å². The Morgan fingerprint density at radius 3 is 1.64 bits per heavy atom. The van der Waals surface area contributed by atoms with E-state index in [-0.39, 0.29) is 56.3 Å². The fourth-order valence-electron chi connectivity index (χ4n) is 6.07. The lowest BCUT2D eigenvalue weighted by atomic mass is 9.83. The predicted octanol–water partition coefficient (Wildman–Crippen LogP) is 12.6. The Bertz CT molecular complexity index is 3330. The van der Waals surface area contributed by atoms with E-state index in [1.54, 1.807) is 54.6 Å². The van der Waals surface area contributed by atoms with Crippen LogP contribution in [0.1, 0.15) is 21.9 Å². The highest BCUT2D eigenvalue weighted by atomic mass is 16.3. The fraction of sp³-hybridized carbons (Fsp3) is 0. The number of para-hydroxylation sites is 1. The second kappa shape index (κ2) is 10.4. The van der Waals surface area contributed by atoms with Crippen LogP contribution in [0.5, 0.6) is 0 Å². The van der Waals surface area contributed by atoms with Crippen molar-refractivity contribution in [2.45, 2.75) is 0 Å². The molecule has 0 saturated carbocycles. The Morgan fingerprint density at radius 1 is 0.378 bits per heavy atom. The zero-order valence-corrected chi connectivity index (χ0v) is 23.3. The first kappa shape index (κ1) is 14.2. The summed E-state index contributed by atoms with van der Waals surface area (Å²) in [6, 6.07) is 12.6. The van der Waals surface area contributed by atoms with Crippen LogP contribution in [0.15, 0.2) is 174 Å². The van der Waals surface area contributed by atoms with Crippen LogP contribution < -0.4 is 0 Å².